The largest absolute Gasteiger partial charge is 0.290 e. The number of benzene rings is 1. The Labute approximate surface area is 115 Å². The van der Waals surface area contributed by atoms with Crippen LogP contribution < -0.4 is 0 Å². The van der Waals surface area contributed by atoms with E-state index in [1.54, 1.807) is 0 Å². The molecule has 0 N–H and O–H groups in total. The lowest BCUT2D eigenvalue weighted by Gasteiger charge is -2.16. The third-order valence-electron chi connectivity index (χ3n) is 1.84. The second-order valence-corrected chi connectivity index (χ2v) is 10.2. The topological polar surface area (TPSA) is 51.2 Å². The monoisotopic (exact) mass is 388 g/mol. The average molecular weight is 390 g/mol. The molecule has 0 heterocycles. The van der Waals surface area contributed by atoms with Crippen molar-refractivity contribution in [3.05, 3.63) is 34.9 Å². The molecule has 0 fully saturated rings. The first-order valence-electron chi connectivity index (χ1n) is 4.04. The summed E-state index contributed by atoms with van der Waals surface area (Å²) in [6, 6.07) is 5.97. The van der Waals surface area contributed by atoms with Crippen LogP contribution in [0, 0.1) is 0 Å². The Morgan fingerprint density at radius 2 is 1.69 bits per heavy atom. The molecule has 88 valence electrons. The van der Waals surface area contributed by atoms with Crippen molar-refractivity contribution in [2.75, 3.05) is 6.26 Å². The number of hydrogen-bond donors (Lipinski definition) is 0. The highest BCUT2D eigenvalue weighted by Gasteiger charge is 2.43. The van der Waals surface area contributed by atoms with Crippen molar-refractivity contribution in [1.29, 1.82) is 0 Å². The zero-order chi connectivity index (χ0) is 12.6. The molecule has 1 rings (SSSR count). The first-order valence-corrected chi connectivity index (χ1v) is 7.89. The maximum absolute atomic E-state index is 11.9. The van der Waals surface area contributed by atoms with Crippen molar-refractivity contribution in [3.8, 4) is 0 Å². The summed E-state index contributed by atoms with van der Waals surface area (Å²) >= 11 is 11.4. The number of hydrogen-bond acceptors (Lipinski definition) is 3. The van der Waals surface area contributed by atoms with E-state index in [2.05, 4.69) is 31.9 Å². The fourth-order valence-electron chi connectivity index (χ4n) is 0.938. The molecule has 0 atom stereocenters. The Kier molecular flexibility index (Phi) is 4.21. The van der Waals surface area contributed by atoms with Crippen LogP contribution in [0.4, 0.5) is 0 Å². The van der Waals surface area contributed by atoms with E-state index in [1.807, 2.05) is 0 Å². The Morgan fingerprint density at radius 3 is 2.06 bits per heavy atom. The van der Waals surface area contributed by atoms with Gasteiger partial charge in [-0.3, -0.25) is 4.79 Å². The summed E-state index contributed by atoms with van der Waals surface area (Å²) in [5, 5.41) is 0.477. The molecule has 0 spiro atoms. The average Bonchev–Trinajstić information content (AvgIpc) is 2.16. The van der Waals surface area contributed by atoms with E-state index in [0.29, 0.717) is 5.02 Å². The van der Waals surface area contributed by atoms with Gasteiger partial charge in [0.15, 0.2) is 9.84 Å². The van der Waals surface area contributed by atoms with Crippen molar-refractivity contribution in [3.63, 3.8) is 0 Å². The Bertz CT molecular complexity index is 508. The lowest BCUT2D eigenvalue weighted by Crippen LogP contribution is -2.33. The van der Waals surface area contributed by atoms with Crippen molar-refractivity contribution >= 4 is 59.1 Å². The molecule has 0 aliphatic heterocycles. The third-order valence-corrected chi connectivity index (χ3v) is 7.45. The van der Waals surface area contributed by atoms with E-state index in [-0.39, 0.29) is 5.56 Å². The molecule has 0 aliphatic rings. The van der Waals surface area contributed by atoms with Crippen LogP contribution in [0.3, 0.4) is 0 Å². The predicted octanol–water partition coefficient (Wildman–Crippen LogP) is 3.01. The maximum Gasteiger partial charge on any atom is 0.242 e. The summed E-state index contributed by atoms with van der Waals surface area (Å²) in [7, 11) is -3.61. The van der Waals surface area contributed by atoms with Crippen LogP contribution in [0.15, 0.2) is 24.3 Å². The molecule has 16 heavy (non-hydrogen) atoms. The highest BCUT2D eigenvalue weighted by molar-refractivity contribution is 9.28. The van der Waals surface area contributed by atoms with Crippen LogP contribution in [0.5, 0.6) is 0 Å². The third kappa shape index (κ3) is 2.85. The molecule has 0 saturated heterocycles. The molecule has 0 aliphatic carbocycles. The number of carbonyl (C=O) groups is 1. The lowest BCUT2D eigenvalue weighted by atomic mass is 10.1. The van der Waals surface area contributed by atoms with Crippen molar-refractivity contribution in [1.82, 2.24) is 0 Å². The first kappa shape index (κ1) is 14.2. The van der Waals surface area contributed by atoms with Gasteiger partial charge in [-0.15, -0.1) is 0 Å². The fourth-order valence-corrected chi connectivity index (χ4v) is 1.98. The molecular formula is C9H7Br2ClO3S. The molecule has 7 heteroatoms. The smallest absolute Gasteiger partial charge is 0.242 e. The predicted molar refractivity (Wildman–Crippen MR) is 71.2 cm³/mol. The van der Waals surface area contributed by atoms with Gasteiger partial charge < -0.3 is 0 Å². The molecule has 0 amide bonds. The lowest BCUT2D eigenvalue weighted by molar-refractivity contribution is 0.100. The Hall–Kier alpha value is 0.0900. The minimum absolute atomic E-state index is 0.253. The molecule has 0 unspecified atom stereocenters. The van der Waals surface area contributed by atoms with Gasteiger partial charge in [-0.2, -0.15) is 0 Å². The van der Waals surface area contributed by atoms with Crippen LogP contribution in [0.25, 0.3) is 0 Å². The van der Waals surface area contributed by atoms with Gasteiger partial charge in [-0.05, 0) is 56.1 Å². The van der Waals surface area contributed by atoms with E-state index in [9.17, 15) is 13.2 Å². The number of rotatable bonds is 3. The van der Waals surface area contributed by atoms with Gasteiger partial charge >= 0.3 is 0 Å². The fraction of sp³-hybridized carbons (Fsp3) is 0.222. The molecule has 0 bridgehead atoms. The number of halogens is 3. The van der Waals surface area contributed by atoms with Gasteiger partial charge in [-0.1, -0.05) is 11.6 Å². The highest BCUT2D eigenvalue weighted by atomic mass is 79.9. The van der Waals surface area contributed by atoms with Crippen LogP contribution >= 0.6 is 43.5 Å². The van der Waals surface area contributed by atoms with E-state index in [1.165, 1.54) is 24.3 Å². The van der Waals surface area contributed by atoms with Gasteiger partial charge in [0.25, 0.3) is 0 Å². The quantitative estimate of drug-likeness (QED) is 0.589. The maximum atomic E-state index is 11.9. The molecule has 0 aromatic heterocycles. The Morgan fingerprint density at radius 1 is 1.25 bits per heavy atom. The summed E-state index contributed by atoms with van der Waals surface area (Å²) < 4.78 is 21.0. The second-order valence-electron chi connectivity index (χ2n) is 3.12. The van der Waals surface area contributed by atoms with Gasteiger partial charge in [0, 0.05) is 16.8 Å². The summed E-state index contributed by atoms with van der Waals surface area (Å²) in [5.41, 5.74) is 0.253. The van der Waals surface area contributed by atoms with E-state index < -0.39 is 18.2 Å². The standard InChI is InChI=1S/C9H7Br2ClO3S/c1-16(14,15)9(10,11)8(13)6-2-4-7(12)5-3-6/h2-5H,1H3. The summed E-state index contributed by atoms with van der Waals surface area (Å²) in [4.78, 5) is 11.9. The van der Waals surface area contributed by atoms with Crippen LogP contribution in [-0.2, 0) is 9.84 Å². The minimum Gasteiger partial charge on any atom is -0.290 e. The molecule has 1 aromatic rings. The zero-order valence-electron chi connectivity index (χ0n) is 8.08. The van der Waals surface area contributed by atoms with Crippen LogP contribution in [0.1, 0.15) is 10.4 Å². The normalized spacial score (nSPS) is 12.5. The molecule has 0 saturated carbocycles. The molecule has 3 nitrogen and oxygen atoms in total. The number of carbonyl (C=O) groups excluding carboxylic acids is 1. The van der Waals surface area contributed by atoms with E-state index >= 15 is 0 Å². The Balaban J connectivity index is 3.18. The summed E-state index contributed by atoms with van der Waals surface area (Å²) in [6.07, 6.45) is 0.963. The second kappa shape index (κ2) is 4.76. The van der Waals surface area contributed by atoms with Gasteiger partial charge in [0.1, 0.15) is 0 Å². The number of Topliss-reactive ketones (excluding diaryl/α,β-unsaturated/α-hetero) is 1. The number of sulfone groups is 1. The molecule has 1 aromatic carbocycles. The highest BCUT2D eigenvalue weighted by Crippen LogP contribution is 2.35. The van der Waals surface area contributed by atoms with Crippen molar-refractivity contribution < 1.29 is 13.2 Å². The zero-order valence-corrected chi connectivity index (χ0v) is 12.8. The van der Waals surface area contributed by atoms with Gasteiger partial charge in [0.2, 0.25) is 8.35 Å². The molecular weight excluding hydrogens is 383 g/mol. The van der Waals surface area contributed by atoms with Crippen LogP contribution in [-0.4, -0.2) is 23.0 Å². The first-order chi connectivity index (χ1) is 7.16. The minimum atomic E-state index is -3.61. The van der Waals surface area contributed by atoms with Crippen molar-refractivity contribution in [2.24, 2.45) is 0 Å². The SMILES string of the molecule is CS(=O)(=O)C(Br)(Br)C(=O)c1ccc(Cl)cc1. The molecule has 0 radical (unpaired) electrons. The number of alkyl halides is 2. The summed E-state index contributed by atoms with van der Waals surface area (Å²) in [5.74, 6) is -0.591. The summed E-state index contributed by atoms with van der Waals surface area (Å²) in [6.45, 7) is 0. The van der Waals surface area contributed by atoms with Crippen LogP contribution in [0.2, 0.25) is 5.02 Å². The van der Waals surface area contributed by atoms with Crippen molar-refractivity contribution in [2.45, 2.75) is 2.57 Å². The van der Waals surface area contributed by atoms with Gasteiger partial charge in [0.05, 0.1) is 0 Å². The van der Waals surface area contributed by atoms with E-state index in [4.69, 9.17) is 11.6 Å². The van der Waals surface area contributed by atoms with E-state index in [0.717, 1.165) is 6.26 Å². The van der Waals surface area contributed by atoms with Gasteiger partial charge in [-0.25, -0.2) is 8.42 Å². The number of ketones is 1.